The van der Waals surface area contributed by atoms with Crippen molar-refractivity contribution in [3.63, 3.8) is 0 Å². The summed E-state index contributed by atoms with van der Waals surface area (Å²) < 4.78 is 0. The van der Waals surface area contributed by atoms with Crippen LogP contribution in [0.5, 0.6) is 0 Å². The Bertz CT molecular complexity index is 493. The van der Waals surface area contributed by atoms with Crippen LogP contribution in [0, 0.1) is 5.92 Å². The molecule has 1 aromatic rings. The molecule has 0 bridgehead atoms. The van der Waals surface area contributed by atoms with E-state index < -0.39 is 0 Å². The van der Waals surface area contributed by atoms with E-state index in [-0.39, 0.29) is 35.7 Å². The van der Waals surface area contributed by atoms with E-state index in [1.807, 2.05) is 0 Å². The maximum atomic E-state index is 12.2. The van der Waals surface area contributed by atoms with Gasteiger partial charge >= 0.3 is 0 Å². The topological polar surface area (TPSA) is 55.1 Å². The first-order chi connectivity index (χ1) is 10.4. The Hall–Kier alpha value is -1.06. The lowest BCUT2D eigenvalue weighted by Gasteiger charge is -2.25. The highest BCUT2D eigenvalue weighted by Gasteiger charge is 2.24. The Balaban J connectivity index is 0.00000264. The zero-order valence-corrected chi connectivity index (χ0v) is 15.4. The van der Waals surface area contributed by atoms with Crippen molar-refractivity contribution in [1.82, 2.24) is 5.32 Å². The number of rotatable bonds is 4. The van der Waals surface area contributed by atoms with E-state index in [1.165, 1.54) is 11.1 Å². The summed E-state index contributed by atoms with van der Waals surface area (Å²) in [5.41, 5.74) is 8.75. The fourth-order valence-electron chi connectivity index (χ4n) is 3.11. The van der Waals surface area contributed by atoms with Gasteiger partial charge in [0.05, 0.1) is 0 Å². The van der Waals surface area contributed by atoms with Crippen LogP contribution < -0.4 is 11.1 Å². The van der Waals surface area contributed by atoms with Crippen molar-refractivity contribution in [3.05, 3.63) is 35.4 Å². The quantitative estimate of drug-likeness (QED) is 0.881. The Morgan fingerprint density at radius 1 is 1.22 bits per heavy atom. The molecule has 3 N–H and O–H groups in total. The van der Waals surface area contributed by atoms with Gasteiger partial charge in [-0.05, 0) is 42.2 Å². The SMILES string of the molecule is CC(C)(C)c1ccc(CCNC(=O)C2CCCC(N)C2)cc1.Cl. The monoisotopic (exact) mass is 338 g/mol. The molecule has 0 saturated heterocycles. The second-order valence-corrected chi connectivity index (χ2v) is 7.61. The van der Waals surface area contributed by atoms with Gasteiger partial charge in [-0.1, -0.05) is 51.5 Å². The number of nitrogens with two attached hydrogens (primary N) is 1. The molecule has 2 atom stereocenters. The van der Waals surface area contributed by atoms with E-state index in [0.717, 1.165) is 32.1 Å². The minimum absolute atomic E-state index is 0. The van der Waals surface area contributed by atoms with Gasteiger partial charge in [0, 0.05) is 18.5 Å². The normalized spacial score (nSPS) is 21.4. The fourth-order valence-corrected chi connectivity index (χ4v) is 3.11. The molecule has 3 nitrogen and oxygen atoms in total. The van der Waals surface area contributed by atoms with Crippen molar-refractivity contribution in [2.24, 2.45) is 11.7 Å². The van der Waals surface area contributed by atoms with Gasteiger partial charge in [-0.25, -0.2) is 0 Å². The van der Waals surface area contributed by atoms with E-state index in [1.54, 1.807) is 0 Å². The lowest BCUT2D eigenvalue weighted by molar-refractivity contribution is -0.126. The predicted octanol–water partition coefficient (Wildman–Crippen LogP) is 3.58. The standard InChI is InChI=1S/C19H30N2O.ClH/c1-19(2,3)16-9-7-14(8-10-16)11-12-21-18(22)15-5-4-6-17(20)13-15;/h7-10,15,17H,4-6,11-13,20H2,1-3H3,(H,21,22);1H. The average Bonchev–Trinajstić information content (AvgIpc) is 2.47. The molecule has 4 heteroatoms. The highest BCUT2D eigenvalue weighted by atomic mass is 35.5. The number of benzene rings is 1. The van der Waals surface area contributed by atoms with E-state index >= 15 is 0 Å². The van der Waals surface area contributed by atoms with Crippen LogP contribution in [-0.2, 0) is 16.6 Å². The van der Waals surface area contributed by atoms with Crippen LogP contribution in [-0.4, -0.2) is 18.5 Å². The predicted molar refractivity (Wildman–Crippen MR) is 99.0 cm³/mol. The Kier molecular flexibility index (Phi) is 7.56. The van der Waals surface area contributed by atoms with Crippen LogP contribution in [0.2, 0.25) is 0 Å². The molecule has 23 heavy (non-hydrogen) atoms. The largest absolute Gasteiger partial charge is 0.356 e. The highest BCUT2D eigenvalue weighted by molar-refractivity contribution is 5.85. The van der Waals surface area contributed by atoms with Gasteiger partial charge in [-0.3, -0.25) is 4.79 Å². The summed E-state index contributed by atoms with van der Waals surface area (Å²) in [5.74, 6) is 0.300. The molecular formula is C19H31ClN2O. The molecule has 0 spiro atoms. The number of amides is 1. The number of carbonyl (C=O) groups excluding carboxylic acids is 1. The third-order valence-electron chi connectivity index (χ3n) is 4.62. The first-order valence-corrected chi connectivity index (χ1v) is 8.49. The summed E-state index contributed by atoms with van der Waals surface area (Å²) in [4.78, 5) is 12.2. The maximum absolute atomic E-state index is 12.2. The smallest absolute Gasteiger partial charge is 0.223 e. The van der Waals surface area contributed by atoms with Crippen LogP contribution in [0.3, 0.4) is 0 Å². The number of hydrogen-bond donors (Lipinski definition) is 2. The first kappa shape index (κ1) is 20.0. The number of carbonyl (C=O) groups is 1. The molecule has 2 rings (SSSR count). The van der Waals surface area contributed by atoms with Crippen molar-refractivity contribution in [3.8, 4) is 0 Å². The highest BCUT2D eigenvalue weighted by Crippen LogP contribution is 2.23. The number of hydrogen-bond acceptors (Lipinski definition) is 2. The second-order valence-electron chi connectivity index (χ2n) is 7.61. The molecule has 0 aliphatic heterocycles. The fraction of sp³-hybridized carbons (Fsp3) is 0.632. The molecule has 2 unspecified atom stereocenters. The summed E-state index contributed by atoms with van der Waals surface area (Å²) in [6, 6.07) is 8.93. The van der Waals surface area contributed by atoms with Gasteiger partial charge in [0.2, 0.25) is 5.91 Å². The zero-order chi connectivity index (χ0) is 16.2. The van der Waals surface area contributed by atoms with Crippen LogP contribution in [0.25, 0.3) is 0 Å². The van der Waals surface area contributed by atoms with Crippen molar-refractivity contribution in [2.75, 3.05) is 6.54 Å². The van der Waals surface area contributed by atoms with E-state index in [4.69, 9.17) is 5.73 Å². The van der Waals surface area contributed by atoms with Gasteiger partial charge in [-0.15, -0.1) is 12.4 Å². The van der Waals surface area contributed by atoms with E-state index in [0.29, 0.717) is 6.54 Å². The van der Waals surface area contributed by atoms with Gasteiger partial charge in [0.15, 0.2) is 0 Å². The summed E-state index contributed by atoms with van der Waals surface area (Å²) in [6.07, 6.45) is 4.85. The average molecular weight is 339 g/mol. The first-order valence-electron chi connectivity index (χ1n) is 8.49. The van der Waals surface area contributed by atoms with Gasteiger partial charge in [0.1, 0.15) is 0 Å². The van der Waals surface area contributed by atoms with Crippen LogP contribution >= 0.6 is 12.4 Å². The van der Waals surface area contributed by atoms with Crippen molar-refractivity contribution in [1.29, 1.82) is 0 Å². The zero-order valence-electron chi connectivity index (χ0n) is 14.6. The molecular weight excluding hydrogens is 308 g/mol. The van der Waals surface area contributed by atoms with E-state index in [9.17, 15) is 4.79 Å². The Morgan fingerprint density at radius 3 is 2.43 bits per heavy atom. The van der Waals surface area contributed by atoms with E-state index in [2.05, 4.69) is 50.4 Å². The molecule has 0 aromatic heterocycles. The summed E-state index contributed by atoms with van der Waals surface area (Å²) in [5, 5.41) is 3.07. The van der Waals surface area contributed by atoms with Gasteiger partial charge in [0.25, 0.3) is 0 Å². The third-order valence-corrected chi connectivity index (χ3v) is 4.62. The van der Waals surface area contributed by atoms with Crippen molar-refractivity contribution < 1.29 is 4.79 Å². The van der Waals surface area contributed by atoms with Crippen LogP contribution in [0.15, 0.2) is 24.3 Å². The minimum Gasteiger partial charge on any atom is -0.356 e. The Morgan fingerprint density at radius 2 is 1.87 bits per heavy atom. The molecule has 1 aromatic carbocycles. The molecule has 0 radical (unpaired) electrons. The maximum Gasteiger partial charge on any atom is 0.223 e. The molecule has 1 amide bonds. The lowest BCUT2D eigenvalue weighted by Crippen LogP contribution is -2.38. The minimum atomic E-state index is 0. The van der Waals surface area contributed by atoms with Gasteiger partial charge in [-0.2, -0.15) is 0 Å². The Labute approximate surface area is 146 Å². The van der Waals surface area contributed by atoms with Crippen LogP contribution in [0.4, 0.5) is 0 Å². The second kappa shape index (κ2) is 8.70. The molecule has 1 saturated carbocycles. The number of halogens is 1. The summed E-state index contributed by atoms with van der Waals surface area (Å²) in [6.45, 7) is 7.37. The third kappa shape index (κ3) is 6.15. The molecule has 0 heterocycles. The van der Waals surface area contributed by atoms with Gasteiger partial charge < -0.3 is 11.1 Å². The molecule has 1 fully saturated rings. The van der Waals surface area contributed by atoms with Crippen molar-refractivity contribution in [2.45, 2.75) is 64.3 Å². The molecule has 130 valence electrons. The van der Waals surface area contributed by atoms with Crippen molar-refractivity contribution >= 4 is 18.3 Å². The molecule has 1 aliphatic carbocycles. The number of nitrogens with one attached hydrogen (secondary N) is 1. The molecule has 1 aliphatic rings. The van der Waals surface area contributed by atoms with Crippen LogP contribution in [0.1, 0.15) is 57.6 Å². The lowest BCUT2D eigenvalue weighted by atomic mass is 9.85. The summed E-state index contributed by atoms with van der Waals surface area (Å²) >= 11 is 0. The summed E-state index contributed by atoms with van der Waals surface area (Å²) in [7, 11) is 0.